The van der Waals surface area contributed by atoms with Crippen molar-refractivity contribution < 1.29 is 4.79 Å². The van der Waals surface area contributed by atoms with E-state index in [0.29, 0.717) is 5.57 Å². The second-order valence-electron chi connectivity index (χ2n) is 8.16. The van der Waals surface area contributed by atoms with Crippen LogP contribution in [0.5, 0.6) is 0 Å². The highest BCUT2D eigenvalue weighted by Gasteiger charge is 2.29. The van der Waals surface area contributed by atoms with E-state index >= 15 is 0 Å². The highest BCUT2D eigenvalue weighted by molar-refractivity contribution is 6.16. The number of likely N-dealkylation sites (tertiary alicyclic amines) is 1. The molecule has 156 valence electrons. The summed E-state index contributed by atoms with van der Waals surface area (Å²) in [6, 6.07) is 14.4. The molecule has 2 aliphatic heterocycles. The van der Waals surface area contributed by atoms with Crippen LogP contribution in [0.4, 0.5) is 0 Å². The highest BCUT2D eigenvalue weighted by Crippen LogP contribution is 2.27. The molecule has 1 aromatic heterocycles. The van der Waals surface area contributed by atoms with Gasteiger partial charge in [-0.15, -0.1) is 0 Å². The molecule has 6 heteroatoms. The molecule has 1 N–H and O–H groups in total. The summed E-state index contributed by atoms with van der Waals surface area (Å²) in [6.45, 7) is 2.67. The molecule has 0 saturated carbocycles. The fraction of sp³-hybridized carbons (Fsp3) is 0.280. The number of hydrogen-bond donors (Lipinski definition) is 1. The topological polar surface area (TPSA) is 70.0 Å². The number of fused-ring (bicyclic) bond motifs is 1. The standard InChI is InChI=1S/C25H25N5O/c31-25(27-21-7-4-14-30(17-21)16-18-5-2-1-3-6-18)20-8-9-23-22(15-20)24(29-28-23)19-10-12-26-13-11-19/h1-3,5-6,8,10-13,15,23,28H,4,7,9,14,16-17H2. The smallest absolute Gasteiger partial charge is 0.276 e. The summed E-state index contributed by atoms with van der Waals surface area (Å²) in [5, 5.41) is 4.49. The van der Waals surface area contributed by atoms with Crippen molar-refractivity contribution in [2.75, 3.05) is 13.1 Å². The molecule has 1 aliphatic carbocycles. The first-order valence-electron chi connectivity index (χ1n) is 10.8. The monoisotopic (exact) mass is 411 g/mol. The summed E-state index contributed by atoms with van der Waals surface area (Å²) in [6.07, 6.45) is 10.1. The Balaban J connectivity index is 1.29. The average Bonchev–Trinajstić information content (AvgIpc) is 3.24. The van der Waals surface area contributed by atoms with E-state index in [1.807, 2.05) is 30.4 Å². The van der Waals surface area contributed by atoms with Crippen LogP contribution in [0.2, 0.25) is 0 Å². The minimum absolute atomic E-state index is 0.114. The molecular weight excluding hydrogens is 386 g/mol. The fourth-order valence-corrected chi connectivity index (χ4v) is 4.35. The van der Waals surface area contributed by atoms with E-state index in [1.54, 1.807) is 12.4 Å². The largest absolute Gasteiger partial charge is 0.302 e. The number of benzene rings is 1. The summed E-state index contributed by atoms with van der Waals surface area (Å²) < 4.78 is 0. The van der Waals surface area contributed by atoms with E-state index < -0.39 is 0 Å². The number of rotatable bonds is 4. The lowest BCUT2D eigenvalue weighted by Gasteiger charge is -2.27. The Morgan fingerprint density at radius 2 is 2.00 bits per heavy atom. The Labute approximate surface area is 182 Å². The molecule has 31 heavy (non-hydrogen) atoms. The quantitative estimate of drug-likeness (QED) is 0.838. The number of pyridine rings is 1. The molecule has 1 atom stereocenters. The maximum Gasteiger partial charge on any atom is 0.276 e. The summed E-state index contributed by atoms with van der Waals surface area (Å²) in [5.74, 6) is -0.150. The van der Waals surface area contributed by atoms with Crippen LogP contribution in [-0.4, -0.2) is 46.3 Å². The van der Waals surface area contributed by atoms with Gasteiger partial charge in [0.1, 0.15) is 0 Å². The molecule has 0 radical (unpaired) electrons. The van der Waals surface area contributed by atoms with E-state index in [2.05, 4.69) is 49.7 Å². The van der Waals surface area contributed by atoms with Crippen molar-refractivity contribution in [2.45, 2.75) is 31.8 Å². The Bertz CT molecular complexity index is 1090. The number of nitrogens with one attached hydrogen (secondary N) is 1. The Morgan fingerprint density at radius 3 is 2.84 bits per heavy atom. The number of carbonyl (C=O) groups excluding carboxylic acids is 1. The van der Waals surface area contributed by atoms with Gasteiger partial charge in [-0.3, -0.25) is 14.7 Å². The van der Waals surface area contributed by atoms with E-state index in [4.69, 9.17) is 0 Å². The van der Waals surface area contributed by atoms with E-state index in [1.165, 1.54) is 5.56 Å². The summed E-state index contributed by atoms with van der Waals surface area (Å²) >= 11 is 0. The number of nitrogens with zero attached hydrogens (tertiary/aromatic N) is 4. The van der Waals surface area contributed by atoms with Gasteiger partial charge in [0.15, 0.2) is 0 Å². The molecule has 2 aromatic rings. The first-order chi connectivity index (χ1) is 15.3. The van der Waals surface area contributed by atoms with Crippen molar-refractivity contribution in [3.8, 4) is 0 Å². The van der Waals surface area contributed by atoms with Gasteiger partial charge in [-0.2, -0.15) is 5.10 Å². The van der Waals surface area contributed by atoms with E-state index in [9.17, 15) is 4.79 Å². The van der Waals surface area contributed by atoms with Crippen LogP contribution < -0.4 is 5.43 Å². The van der Waals surface area contributed by atoms with Crippen molar-refractivity contribution in [2.24, 2.45) is 10.1 Å². The number of aliphatic imine (C=N–C) groups is 1. The van der Waals surface area contributed by atoms with Crippen molar-refractivity contribution in [3.05, 3.63) is 89.3 Å². The number of hydrazone groups is 1. The second-order valence-corrected chi connectivity index (χ2v) is 8.16. The summed E-state index contributed by atoms with van der Waals surface area (Å²) in [5.41, 5.74) is 9.02. The molecule has 6 nitrogen and oxygen atoms in total. The molecule has 1 fully saturated rings. The first-order valence-corrected chi connectivity index (χ1v) is 10.8. The van der Waals surface area contributed by atoms with Crippen LogP contribution in [0.25, 0.3) is 0 Å². The van der Waals surface area contributed by atoms with Gasteiger partial charge in [0.05, 0.1) is 11.8 Å². The van der Waals surface area contributed by atoms with Crippen LogP contribution in [0.1, 0.15) is 30.4 Å². The van der Waals surface area contributed by atoms with E-state index in [0.717, 1.165) is 61.5 Å². The van der Waals surface area contributed by atoms with Gasteiger partial charge < -0.3 is 5.43 Å². The molecule has 1 amide bonds. The molecular formula is C25H25N5O. The van der Waals surface area contributed by atoms with Gasteiger partial charge in [0.25, 0.3) is 5.91 Å². The zero-order chi connectivity index (χ0) is 21.0. The molecule has 0 bridgehead atoms. The van der Waals surface area contributed by atoms with Crippen LogP contribution in [0.3, 0.4) is 0 Å². The van der Waals surface area contributed by atoms with E-state index in [-0.39, 0.29) is 11.9 Å². The summed E-state index contributed by atoms with van der Waals surface area (Å²) in [7, 11) is 0. The third kappa shape index (κ3) is 4.39. The van der Waals surface area contributed by atoms with Gasteiger partial charge in [-0.1, -0.05) is 36.4 Å². The third-order valence-electron chi connectivity index (χ3n) is 5.92. The molecule has 0 spiro atoms. The van der Waals surface area contributed by atoms with Gasteiger partial charge in [0, 0.05) is 47.9 Å². The number of carbonyl (C=O) groups is 1. The lowest BCUT2D eigenvalue weighted by Crippen LogP contribution is -2.35. The second kappa shape index (κ2) is 8.78. The molecule has 3 heterocycles. The van der Waals surface area contributed by atoms with Gasteiger partial charge in [-0.05, 0) is 49.6 Å². The third-order valence-corrected chi connectivity index (χ3v) is 5.92. The SMILES string of the molecule is O=C(N=C1CCCN(Cc2ccccc2)C1)C1=CCC2NN=C(c3ccncc3)C2=C1. The van der Waals surface area contributed by atoms with Gasteiger partial charge >= 0.3 is 0 Å². The number of piperidine rings is 1. The molecule has 1 aromatic carbocycles. The Hall–Kier alpha value is -3.38. The van der Waals surface area contributed by atoms with Crippen molar-refractivity contribution >= 4 is 17.3 Å². The minimum Gasteiger partial charge on any atom is -0.302 e. The minimum atomic E-state index is -0.150. The predicted octanol–water partition coefficient (Wildman–Crippen LogP) is 3.28. The zero-order valence-corrected chi connectivity index (χ0v) is 17.4. The Kier molecular flexibility index (Phi) is 5.54. The number of amides is 1. The molecule has 5 rings (SSSR count). The lowest BCUT2D eigenvalue weighted by atomic mass is 9.90. The first kappa shape index (κ1) is 19.6. The van der Waals surface area contributed by atoms with Crippen LogP contribution in [0, 0.1) is 0 Å². The lowest BCUT2D eigenvalue weighted by molar-refractivity contribution is -0.114. The fourth-order valence-electron chi connectivity index (χ4n) is 4.35. The number of hydrogen-bond acceptors (Lipinski definition) is 5. The predicted molar refractivity (Wildman–Crippen MR) is 122 cm³/mol. The zero-order valence-electron chi connectivity index (χ0n) is 17.4. The Morgan fingerprint density at radius 1 is 1.16 bits per heavy atom. The number of aromatic nitrogens is 1. The van der Waals surface area contributed by atoms with Crippen LogP contribution in [0.15, 0.2) is 88.3 Å². The highest BCUT2D eigenvalue weighted by atomic mass is 16.1. The van der Waals surface area contributed by atoms with Gasteiger partial charge in [-0.25, -0.2) is 4.99 Å². The maximum absolute atomic E-state index is 13.0. The van der Waals surface area contributed by atoms with Crippen molar-refractivity contribution in [1.82, 2.24) is 15.3 Å². The van der Waals surface area contributed by atoms with Crippen molar-refractivity contribution in [1.29, 1.82) is 0 Å². The molecule has 1 unspecified atom stereocenters. The average molecular weight is 412 g/mol. The maximum atomic E-state index is 13.0. The van der Waals surface area contributed by atoms with Crippen LogP contribution in [-0.2, 0) is 11.3 Å². The molecule has 3 aliphatic rings. The molecule has 1 saturated heterocycles. The normalized spacial score (nSPS) is 22.3. The van der Waals surface area contributed by atoms with Crippen LogP contribution >= 0.6 is 0 Å². The van der Waals surface area contributed by atoms with Crippen molar-refractivity contribution in [3.63, 3.8) is 0 Å². The van der Waals surface area contributed by atoms with Gasteiger partial charge in [0.2, 0.25) is 0 Å². The summed E-state index contributed by atoms with van der Waals surface area (Å²) in [4.78, 5) is 23.9.